The summed E-state index contributed by atoms with van der Waals surface area (Å²) in [5.41, 5.74) is 0. The van der Waals surface area contributed by atoms with Crippen LogP contribution in [-0.2, 0) is 28.6 Å². The highest BCUT2D eigenvalue weighted by Gasteiger charge is 2.19. The molecule has 6 nitrogen and oxygen atoms in total. The van der Waals surface area contributed by atoms with E-state index in [2.05, 4.69) is 93.7 Å². The Labute approximate surface area is 491 Å². The number of rotatable bonds is 63. The van der Waals surface area contributed by atoms with Gasteiger partial charge >= 0.3 is 17.9 Å². The van der Waals surface area contributed by atoms with Crippen molar-refractivity contribution in [3.05, 3.63) is 72.9 Å². The first-order chi connectivity index (χ1) is 39.0. The van der Waals surface area contributed by atoms with Crippen LogP contribution < -0.4 is 0 Å². The monoisotopic (exact) mass is 1100 g/mol. The molecule has 0 aromatic rings. The Bertz CT molecular complexity index is 1450. The third-order valence-corrected chi connectivity index (χ3v) is 15.2. The molecular formula is C73H130O6. The quantitative estimate of drug-likeness (QED) is 0.0261. The molecule has 0 amide bonds. The Balaban J connectivity index is 4.21. The SMILES string of the molecule is CCCC/C=C\CCCCCCCC(=O)OCC(COC(=O)CCCCCCCCCCCCCCCC/C=C\C/C=C\C/C=C\CCCCCCC)OC(=O)CCCCCCCCCCC/C=C\C/C=C\CCCCCCC. The molecule has 1 atom stereocenters. The van der Waals surface area contributed by atoms with Crippen molar-refractivity contribution in [2.75, 3.05) is 13.2 Å². The number of hydrogen-bond donors (Lipinski definition) is 0. The van der Waals surface area contributed by atoms with Crippen LogP contribution in [0, 0.1) is 0 Å². The zero-order valence-corrected chi connectivity index (χ0v) is 52.6. The van der Waals surface area contributed by atoms with E-state index in [1.54, 1.807) is 0 Å². The summed E-state index contributed by atoms with van der Waals surface area (Å²) in [5.74, 6) is -0.876. The maximum atomic E-state index is 12.9. The lowest BCUT2D eigenvalue weighted by molar-refractivity contribution is -0.167. The van der Waals surface area contributed by atoms with Gasteiger partial charge < -0.3 is 14.2 Å². The standard InChI is InChI=1S/C73H130O6/c1-4-7-10-13-16-19-22-24-26-28-30-32-33-34-35-36-37-38-39-41-42-44-46-48-51-54-57-60-63-66-72(75)78-69-70(68-77-71(74)65-62-59-56-53-50-21-18-15-12-9-6-3)79-73(76)67-64-61-58-55-52-49-47-45-43-40-31-29-27-25-23-20-17-14-11-8-5-2/h15,18,22-25,28-31,33-34,70H,4-14,16-17,19-21,26-27,32,35-69H2,1-3H3/b18-15-,24-22-,25-23-,30-28-,31-29-,34-33-. The number of esters is 3. The number of unbranched alkanes of at least 4 members (excludes halogenated alkanes) is 40. The Hall–Kier alpha value is -3.15. The molecule has 0 bridgehead atoms. The molecular weight excluding hydrogens is 973 g/mol. The molecule has 0 saturated heterocycles. The van der Waals surface area contributed by atoms with Gasteiger partial charge in [0.25, 0.3) is 0 Å². The lowest BCUT2D eigenvalue weighted by Gasteiger charge is -2.18. The van der Waals surface area contributed by atoms with Crippen LogP contribution in [0.15, 0.2) is 72.9 Å². The molecule has 0 aliphatic rings. The Kier molecular flexibility index (Phi) is 64.7. The van der Waals surface area contributed by atoms with Crippen molar-refractivity contribution in [2.24, 2.45) is 0 Å². The first-order valence-corrected chi connectivity index (χ1v) is 34.4. The molecule has 0 fully saturated rings. The first kappa shape index (κ1) is 75.8. The third kappa shape index (κ3) is 65.5. The summed E-state index contributed by atoms with van der Waals surface area (Å²) in [7, 11) is 0. The van der Waals surface area contributed by atoms with Crippen LogP contribution in [-0.4, -0.2) is 37.2 Å². The fraction of sp³-hybridized carbons (Fsp3) is 0.795. The van der Waals surface area contributed by atoms with E-state index in [1.807, 2.05) is 0 Å². The van der Waals surface area contributed by atoms with E-state index in [0.29, 0.717) is 19.3 Å². The molecule has 0 heterocycles. The predicted octanol–water partition coefficient (Wildman–Crippen LogP) is 23.7. The van der Waals surface area contributed by atoms with Gasteiger partial charge in [0.05, 0.1) is 0 Å². The number of allylic oxidation sites excluding steroid dienone is 12. The minimum absolute atomic E-state index is 0.0778. The van der Waals surface area contributed by atoms with E-state index in [1.165, 1.54) is 231 Å². The minimum Gasteiger partial charge on any atom is -0.462 e. The number of carbonyl (C=O) groups excluding carboxylic acids is 3. The predicted molar refractivity (Wildman–Crippen MR) is 344 cm³/mol. The molecule has 6 heteroatoms. The van der Waals surface area contributed by atoms with Crippen molar-refractivity contribution in [3.8, 4) is 0 Å². The minimum atomic E-state index is -0.781. The van der Waals surface area contributed by atoms with Crippen LogP contribution in [0.5, 0.6) is 0 Å². The Morgan fingerprint density at radius 3 is 0.759 bits per heavy atom. The van der Waals surface area contributed by atoms with E-state index in [0.717, 1.165) is 83.5 Å². The normalized spacial score (nSPS) is 12.5. The van der Waals surface area contributed by atoms with Crippen molar-refractivity contribution in [2.45, 2.75) is 361 Å². The number of hydrogen-bond acceptors (Lipinski definition) is 6. The van der Waals surface area contributed by atoms with E-state index in [-0.39, 0.29) is 31.1 Å². The molecule has 0 radical (unpaired) electrons. The van der Waals surface area contributed by atoms with Gasteiger partial charge in [-0.2, -0.15) is 0 Å². The van der Waals surface area contributed by atoms with E-state index < -0.39 is 6.10 Å². The van der Waals surface area contributed by atoms with E-state index in [4.69, 9.17) is 14.2 Å². The zero-order chi connectivity index (χ0) is 57.1. The topological polar surface area (TPSA) is 78.9 Å². The lowest BCUT2D eigenvalue weighted by atomic mass is 10.0. The molecule has 0 rings (SSSR count). The zero-order valence-electron chi connectivity index (χ0n) is 52.6. The van der Waals surface area contributed by atoms with Crippen LogP contribution in [0.25, 0.3) is 0 Å². The second-order valence-corrected chi connectivity index (χ2v) is 23.1. The van der Waals surface area contributed by atoms with E-state index >= 15 is 0 Å². The van der Waals surface area contributed by atoms with Gasteiger partial charge in [-0.15, -0.1) is 0 Å². The summed E-state index contributed by atoms with van der Waals surface area (Å²) in [6.45, 7) is 6.61. The van der Waals surface area contributed by atoms with Gasteiger partial charge in [-0.1, -0.05) is 299 Å². The van der Waals surface area contributed by atoms with Gasteiger partial charge in [0, 0.05) is 19.3 Å². The van der Waals surface area contributed by atoms with Crippen molar-refractivity contribution >= 4 is 17.9 Å². The fourth-order valence-corrected chi connectivity index (χ4v) is 9.93. The summed E-state index contributed by atoms with van der Waals surface area (Å²) in [6.07, 6.45) is 87.8. The number of carbonyl (C=O) groups is 3. The maximum Gasteiger partial charge on any atom is 0.306 e. The molecule has 0 aromatic carbocycles. The summed E-state index contributed by atoms with van der Waals surface area (Å²) >= 11 is 0. The van der Waals surface area contributed by atoms with Crippen molar-refractivity contribution in [1.29, 1.82) is 0 Å². The smallest absolute Gasteiger partial charge is 0.306 e. The van der Waals surface area contributed by atoms with Crippen LogP contribution in [0.4, 0.5) is 0 Å². The molecule has 0 aromatic heterocycles. The highest BCUT2D eigenvalue weighted by Crippen LogP contribution is 2.17. The molecule has 0 spiro atoms. The van der Waals surface area contributed by atoms with Crippen LogP contribution in [0.1, 0.15) is 355 Å². The molecule has 0 aliphatic heterocycles. The molecule has 79 heavy (non-hydrogen) atoms. The second kappa shape index (κ2) is 67.4. The van der Waals surface area contributed by atoms with Gasteiger partial charge in [-0.05, 0) is 109 Å². The van der Waals surface area contributed by atoms with Gasteiger partial charge in [0.2, 0.25) is 0 Å². The van der Waals surface area contributed by atoms with E-state index in [9.17, 15) is 14.4 Å². The van der Waals surface area contributed by atoms with Crippen LogP contribution in [0.2, 0.25) is 0 Å². The van der Waals surface area contributed by atoms with Crippen molar-refractivity contribution in [3.63, 3.8) is 0 Å². The molecule has 0 aliphatic carbocycles. The van der Waals surface area contributed by atoms with Gasteiger partial charge in [0.15, 0.2) is 6.10 Å². The lowest BCUT2D eigenvalue weighted by Crippen LogP contribution is -2.30. The average Bonchev–Trinajstić information content (AvgIpc) is 3.45. The summed E-state index contributed by atoms with van der Waals surface area (Å²) in [6, 6.07) is 0. The number of ether oxygens (including phenoxy) is 3. The Morgan fingerprint density at radius 2 is 0.468 bits per heavy atom. The summed E-state index contributed by atoms with van der Waals surface area (Å²) in [5, 5.41) is 0. The second-order valence-electron chi connectivity index (χ2n) is 23.1. The largest absolute Gasteiger partial charge is 0.462 e. The average molecular weight is 1100 g/mol. The van der Waals surface area contributed by atoms with Crippen molar-refractivity contribution in [1.82, 2.24) is 0 Å². The first-order valence-electron chi connectivity index (χ1n) is 34.4. The Morgan fingerprint density at radius 1 is 0.253 bits per heavy atom. The summed E-state index contributed by atoms with van der Waals surface area (Å²) < 4.78 is 16.9. The van der Waals surface area contributed by atoms with Gasteiger partial charge in [-0.3, -0.25) is 14.4 Å². The third-order valence-electron chi connectivity index (χ3n) is 15.2. The highest BCUT2D eigenvalue weighted by molar-refractivity contribution is 5.71. The fourth-order valence-electron chi connectivity index (χ4n) is 9.93. The molecule has 0 saturated carbocycles. The van der Waals surface area contributed by atoms with Gasteiger partial charge in [0.1, 0.15) is 13.2 Å². The van der Waals surface area contributed by atoms with Crippen molar-refractivity contribution < 1.29 is 28.6 Å². The molecule has 0 N–H and O–H groups in total. The van der Waals surface area contributed by atoms with Crippen LogP contribution >= 0.6 is 0 Å². The maximum absolute atomic E-state index is 12.9. The molecule has 458 valence electrons. The van der Waals surface area contributed by atoms with Crippen LogP contribution in [0.3, 0.4) is 0 Å². The van der Waals surface area contributed by atoms with Gasteiger partial charge in [-0.25, -0.2) is 0 Å². The summed E-state index contributed by atoms with van der Waals surface area (Å²) in [4.78, 5) is 38.3. The highest BCUT2D eigenvalue weighted by atomic mass is 16.6. The molecule has 1 unspecified atom stereocenters.